The molecule has 0 radical (unpaired) electrons. The molecule has 2 heterocycles. The van der Waals surface area contributed by atoms with Gasteiger partial charge in [-0.05, 0) is 25.7 Å². The third kappa shape index (κ3) is 2.53. The molecule has 106 valence electrons. The molecule has 0 aliphatic carbocycles. The van der Waals surface area contributed by atoms with Gasteiger partial charge in [0, 0.05) is 18.3 Å². The number of carbonyl (C=O) groups excluding carboxylic acids is 1. The molecule has 2 rings (SSSR count). The maximum absolute atomic E-state index is 11.8. The quantitative estimate of drug-likeness (QED) is 0.496. The fourth-order valence-electron chi connectivity index (χ4n) is 2.86. The lowest BCUT2D eigenvalue weighted by molar-refractivity contribution is -0.133. The Kier molecular flexibility index (Phi) is 4.74. The molecule has 2 bridgehead atoms. The maximum Gasteiger partial charge on any atom is 0.264 e. The van der Waals surface area contributed by atoms with E-state index >= 15 is 0 Å². The lowest BCUT2D eigenvalue weighted by atomic mass is 9.91. The standard InChI is InChI=1S/C9H16N2O4S.C2H6/c1-16(14,15)9(8(12)11-13)4-6-2-3-7(5-9)10-6;1-2/h6-7,10,13H,2-5H2,1H3,(H,11,12);1-2H3. The Morgan fingerprint density at radius 1 is 1.28 bits per heavy atom. The SMILES string of the molecule is CC.CS(=O)(=O)C1(C(=O)NO)CC2CCC(C1)N2. The third-order valence-corrected chi connectivity index (χ3v) is 5.65. The van der Waals surface area contributed by atoms with E-state index in [0.717, 1.165) is 19.1 Å². The molecule has 2 unspecified atom stereocenters. The van der Waals surface area contributed by atoms with Crippen molar-refractivity contribution in [1.82, 2.24) is 10.8 Å². The lowest BCUT2D eigenvalue weighted by Crippen LogP contribution is -2.59. The van der Waals surface area contributed by atoms with Crippen molar-refractivity contribution in [3.8, 4) is 0 Å². The average molecular weight is 278 g/mol. The average Bonchev–Trinajstić information content (AvgIpc) is 2.68. The molecule has 2 fully saturated rings. The zero-order chi connectivity index (χ0) is 14.0. The van der Waals surface area contributed by atoms with E-state index in [2.05, 4.69) is 5.32 Å². The minimum absolute atomic E-state index is 0.0609. The molecule has 0 spiro atoms. The summed E-state index contributed by atoms with van der Waals surface area (Å²) in [6, 6.07) is 0.122. The van der Waals surface area contributed by atoms with Crippen LogP contribution in [0.15, 0.2) is 0 Å². The molecular formula is C11H22N2O4S. The van der Waals surface area contributed by atoms with Gasteiger partial charge in [-0.1, -0.05) is 13.8 Å². The number of nitrogens with one attached hydrogen (secondary N) is 2. The van der Waals surface area contributed by atoms with Crippen LogP contribution in [0.4, 0.5) is 0 Å². The van der Waals surface area contributed by atoms with Crippen molar-refractivity contribution in [3.05, 3.63) is 0 Å². The highest BCUT2D eigenvalue weighted by Crippen LogP contribution is 2.39. The Balaban J connectivity index is 0.000000771. The van der Waals surface area contributed by atoms with E-state index in [9.17, 15) is 13.2 Å². The van der Waals surface area contributed by atoms with Crippen molar-refractivity contribution in [2.75, 3.05) is 6.26 Å². The van der Waals surface area contributed by atoms with Crippen molar-refractivity contribution in [2.24, 2.45) is 0 Å². The highest BCUT2D eigenvalue weighted by Gasteiger charge is 2.55. The first kappa shape index (κ1) is 15.4. The summed E-state index contributed by atoms with van der Waals surface area (Å²) in [6.07, 6.45) is 3.33. The number of rotatable bonds is 2. The van der Waals surface area contributed by atoms with Gasteiger partial charge >= 0.3 is 0 Å². The van der Waals surface area contributed by atoms with Crippen LogP contribution in [-0.2, 0) is 14.6 Å². The molecule has 7 heteroatoms. The molecule has 6 nitrogen and oxygen atoms in total. The van der Waals surface area contributed by atoms with Crippen LogP contribution in [0.5, 0.6) is 0 Å². The highest BCUT2D eigenvalue weighted by molar-refractivity contribution is 7.92. The first-order valence-electron chi connectivity index (χ1n) is 6.29. The fourth-order valence-corrected chi connectivity index (χ4v) is 4.25. The summed E-state index contributed by atoms with van der Waals surface area (Å²) in [4.78, 5) is 11.7. The molecule has 2 saturated heterocycles. The maximum atomic E-state index is 11.8. The van der Waals surface area contributed by atoms with Gasteiger partial charge in [0.1, 0.15) is 0 Å². The monoisotopic (exact) mass is 278 g/mol. The van der Waals surface area contributed by atoms with Crippen molar-refractivity contribution in [3.63, 3.8) is 0 Å². The van der Waals surface area contributed by atoms with E-state index in [4.69, 9.17) is 5.21 Å². The lowest BCUT2D eigenvalue weighted by Gasteiger charge is -2.37. The Hall–Kier alpha value is -0.660. The number of hydrogen-bond acceptors (Lipinski definition) is 5. The Bertz CT molecular complexity index is 395. The van der Waals surface area contributed by atoms with Crippen LogP contribution in [0.3, 0.4) is 0 Å². The van der Waals surface area contributed by atoms with Crippen molar-refractivity contribution in [2.45, 2.75) is 56.4 Å². The highest BCUT2D eigenvalue weighted by atomic mass is 32.2. The van der Waals surface area contributed by atoms with Gasteiger partial charge in [-0.15, -0.1) is 0 Å². The van der Waals surface area contributed by atoms with Gasteiger partial charge < -0.3 is 5.32 Å². The topological polar surface area (TPSA) is 95.5 Å². The van der Waals surface area contributed by atoms with Crippen LogP contribution in [0.1, 0.15) is 39.5 Å². The number of carbonyl (C=O) groups is 1. The zero-order valence-electron chi connectivity index (χ0n) is 11.1. The van der Waals surface area contributed by atoms with Gasteiger partial charge in [0.2, 0.25) is 0 Å². The summed E-state index contributed by atoms with van der Waals surface area (Å²) in [5.74, 6) is -0.798. The summed E-state index contributed by atoms with van der Waals surface area (Å²) < 4.78 is 22.2. The number of piperidine rings is 1. The van der Waals surface area contributed by atoms with E-state index in [1.54, 1.807) is 0 Å². The Morgan fingerprint density at radius 2 is 1.72 bits per heavy atom. The molecule has 1 amide bonds. The van der Waals surface area contributed by atoms with Gasteiger partial charge in [-0.2, -0.15) is 0 Å². The normalized spacial score (nSPS) is 34.4. The van der Waals surface area contributed by atoms with Crippen LogP contribution >= 0.6 is 0 Å². The first-order chi connectivity index (χ1) is 8.39. The zero-order valence-corrected chi connectivity index (χ0v) is 11.9. The summed E-state index contributed by atoms with van der Waals surface area (Å²) in [5, 5.41) is 12.0. The molecule has 2 aliphatic heterocycles. The second-order valence-electron chi connectivity index (χ2n) is 4.75. The summed E-state index contributed by atoms with van der Waals surface area (Å²) in [5.41, 5.74) is 1.51. The van der Waals surface area contributed by atoms with Crippen LogP contribution in [0, 0.1) is 0 Å². The predicted octanol–water partition coefficient (Wildman–Crippen LogP) is 0.216. The van der Waals surface area contributed by atoms with Gasteiger partial charge in [-0.25, -0.2) is 13.9 Å². The predicted molar refractivity (Wildman–Crippen MR) is 68.0 cm³/mol. The molecule has 0 aromatic carbocycles. The van der Waals surface area contributed by atoms with E-state index in [1.807, 2.05) is 13.8 Å². The number of hydrogen-bond donors (Lipinski definition) is 3. The number of sulfone groups is 1. The van der Waals surface area contributed by atoms with Crippen LogP contribution in [0.25, 0.3) is 0 Å². The van der Waals surface area contributed by atoms with Crippen molar-refractivity contribution in [1.29, 1.82) is 0 Å². The fraction of sp³-hybridized carbons (Fsp3) is 0.909. The van der Waals surface area contributed by atoms with Gasteiger partial charge in [0.15, 0.2) is 14.6 Å². The molecular weight excluding hydrogens is 256 g/mol. The molecule has 0 saturated carbocycles. The third-order valence-electron chi connectivity index (χ3n) is 3.71. The van der Waals surface area contributed by atoms with Crippen LogP contribution in [-0.4, -0.2) is 42.6 Å². The van der Waals surface area contributed by atoms with Gasteiger partial charge in [0.25, 0.3) is 5.91 Å². The van der Waals surface area contributed by atoms with Crippen LogP contribution < -0.4 is 10.8 Å². The van der Waals surface area contributed by atoms with E-state index in [1.165, 1.54) is 5.48 Å². The van der Waals surface area contributed by atoms with Gasteiger partial charge in [0.05, 0.1) is 0 Å². The molecule has 0 aromatic heterocycles. The summed E-state index contributed by atoms with van der Waals surface area (Å²) >= 11 is 0. The second kappa shape index (κ2) is 5.54. The minimum atomic E-state index is -3.54. The van der Waals surface area contributed by atoms with Crippen molar-refractivity contribution < 1.29 is 18.4 Å². The largest absolute Gasteiger partial charge is 0.311 e. The molecule has 2 atom stereocenters. The van der Waals surface area contributed by atoms with E-state index < -0.39 is 20.5 Å². The van der Waals surface area contributed by atoms with Crippen LogP contribution in [0.2, 0.25) is 0 Å². The molecule has 18 heavy (non-hydrogen) atoms. The molecule has 2 aliphatic rings. The first-order valence-corrected chi connectivity index (χ1v) is 8.18. The second-order valence-corrected chi connectivity index (χ2v) is 7.08. The number of fused-ring (bicyclic) bond motifs is 2. The molecule has 0 aromatic rings. The van der Waals surface area contributed by atoms with Crippen molar-refractivity contribution >= 4 is 15.7 Å². The number of amides is 1. The Morgan fingerprint density at radius 3 is 2.06 bits per heavy atom. The number of hydroxylamine groups is 1. The van der Waals surface area contributed by atoms with Gasteiger partial charge in [-0.3, -0.25) is 10.0 Å². The minimum Gasteiger partial charge on any atom is -0.311 e. The summed E-state index contributed by atoms with van der Waals surface area (Å²) in [6.45, 7) is 4.00. The van der Waals surface area contributed by atoms with E-state index in [0.29, 0.717) is 0 Å². The summed E-state index contributed by atoms with van der Waals surface area (Å²) in [7, 11) is -3.54. The Labute approximate surface area is 108 Å². The smallest absolute Gasteiger partial charge is 0.264 e. The molecule has 3 N–H and O–H groups in total. The van der Waals surface area contributed by atoms with E-state index in [-0.39, 0.29) is 24.9 Å².